The zero-order valence-corrected chi connectivity index (χ0v) is 11.4. The van der Waals surface area contributed by atoms with Gasteiger partial charge in [-0.15, -0.1) is 0 Å². The van der Waals surface area contributed by atoms with Gasteiger partial charge in [0, 0.05) is 22.7 Å². The van der Waals surface area contributed by atoms with Gasteiger partial charge in [0.2, 0.25) is 0 Å². The van der Waals surface area contributed by atoms with Crippen molar-refractivity contribution in [3.8, 4) is 0 Å². The molecule has 2 N–H and O–H groups in total. The van der Waals surface area contributed by atoms with Crippen molar-refractivity contribution in [3.05, 3.63) is 47.2 Å². The first-order valence-electron chi connectivity index (χ1n) is 6.09. The van der Waals surface area contributed by atoms with Crippen LogP contribution in [-0.2, 0) is 5.41 Å². The summed E-state index contributed by atoms with van der Waals surface area (Å²) in [6, 6.07) is 4.68. The largest absolute Gasteiger partial charge is 0.305 e. The molecule has 0 saturated carbocycles. The van der Waals surface area contributed by atoms with E-state index in [1.165, 1.54) is 6.07 Å². The van der Waals surface area contributed by atoms with Crippen molar-refractivity contribution in [3.63, 3.8) is 0 Å². The molecule has 0 aliphatic carbocycles. The van der Waals surface area contributed by atoms with Gasteiger partial charge >= 0.3 is 0 Å². The molecule has 2 rings (SSSR count). The van der Waals surface area contributed by atoms with Crippen LogP contribution in [0.2, 0.25) is 0 Å². The van der Waals surface area contributed by atoms with E-state index in [0.717, 1.165) is 17.8 Å². The van der Waals surface area contributed by atoms with Gasteiger partial charge in [0.25, 0.3) is 5.91 Å². The number of anilines is 1. The molecule has 0 fully saturated rings. The van der Waals surface area contributed by atoms with Crippen LogP contribution >= 0.6 is 0 Å². The maximum Gasteiger partial charge on any atom is 0.256 e. The minimum atomic E-state index is -1.06. The third-order valence-corrected chi connectivity index (χ3v) is 2.81. The molecule has 0 aliphatic heterocycles. The van der Waals surface area contributed by atoms with E-state index < -0.39 is 17.5 Å². The Hall–Kier alpha value is -2.24. The van der Waals surface area contributed by atoms with Gasteiger partial charge < -0.3 is 5.32 Å². The van der Waals surface area contributed by atoms with Crippen LogP contribution in [0.15, 0.2) is 24.3 Å². The van der Waals surface area contributed by atoms with Crippen molar-refractivity contribution >= 4 is 11.7 Å². The molecule has 106 valence electrons. The predicted octanol–water partition coefficient (Wildman–Crippen LogP) is 3.24. The van der Waals surface area contributed by atoms with E-state index in [2.05, 4.69) is 15.5 Å². The van der Waals surface area contributed by atoms with Gasteiger partial charge in [-0.1, -0.05) is 20.8 Å². The highest BCUT2D eigenvalue weighted by Crippen LogP contribution is 2.22. The summed E-state index contributed by atoms with van der Waals surface area (Å²) in [5.41, 5.74) is 0.764. The average molecular weight is 279 g/mol. The molecule has 1 amide bonds. The molecule has 1 aromatic carbocycles. The number of carbonyl (C=O) groups is 1. The Kier molecular flexibility index (Phi) is 3.57. The van der Waals surface area contributed by atoms with Crippen LogP contribution in [0.3, 0.4) is 0 Å². The summed E-state index contributed by atoms with van der Waals surface area (Å²) in [6.45, 7) is 6.00. The Balaban J connectivity index is 2.15. The summed E-state index contributed by atoms with van der Waals surface area (Å²) in [6.07, 6.45) is 0. The Morgan fingerprint density at radius 2 is 1.90 bits per heavy atom. The number of aromatic amines is 1. The first kappa shape index (κ1) is 14.2. The van der Waals surface area contributed by atoms with Crippen LogP contribution in [0.1, 0.15) is 36.8 Å². The molecule has 0 bridgehead atoms. The SMILES string of the molecule is CC(C)(C)c1cc(NC(=O)c2ccc(F)c(F)c2)n[nH]1. The Labute approximate surface area is 115 Å². The topological polar surface area (TPSA) is 57.8 Å². The summed E-state index contributed by atoms with van der Waals surface area (Å²) < 4.78 is 25.9. The van der Waals surface area contributed by atoms with Crippen molar-refractivity contribution in [2.24, 2.45) is 0 Å². The maximum absolute atomic E-state index is 13.1. The quantitative estimate of drug-likeness (QED) is 0.886. The first-order valence-corrected chi connectivity index (χ1v) is 6.09. The lowest BCUT2D eigenvalue weighted by Gasteiger charge is -2.14. The highest BCUT2D eigenvalue weighted by atomic mass is 19.2. The Morgan fingerprint density at radius 3 is 2.45 bits per heavy atom. The average Bonchev–Trinajstić information content (AvgIpc) is 2.81. The first-order chi connectivity index (χ1) is 9.27. The van der Waals surface area contributed by atoms with Crippen LogP contribution in [-0.4, -0.2) is 16.1 Å². The van der Waals surface area contributed by atoms with E-state index in [0.29, 0.717) is 5.82 Å². The van der Waals surface area contributed by atoms with Crippen LogP contribution < -0.4 is 5.32 Å². The summed E-state index contributed by atoms with van der Waals surface area (Å²) in [4.78, 5) is 11.9. The van der Waals surface area contributed by atoms with Gasteiger partial charge in [-0.3, -0.25) is 9.89 Å². The predicted molar refractivity (Wildman–Crippen MR) is 71.6 cm³/mol. The number of rotatable bonds is 2. The third kappa shape index (κ3) is 3.01. The molecule has 0 spiro atoms. The van der Waals surface area contributed by atoms with Crippen molar-refractivity contribution in [1.29, 1.82) is 0 Å². The number of nitrogens with zero attached hydrogens (tertiary/aromatic N) is 1. The van der Waals surface area contributed by atoms with Crippen molar-refractivity contribution < 1.29 is 13.6 Å². The molecule has 0 atom stereocenters. The smallest absolute Gasteiger partial charge is 0.256 e. The third-order valence-electron chi connectivity index (χ3n) is 2.81. The van der Waals surface area contributed by atoms with Crippen LogP contribution in [0, 0.1) is 11.6 Å². The highest BCUT2D eigenvalue weighted by Gasteiger charge is 2.18. The molecule has 2 aromatic rings. The normalized spacial score (nSPS) is 11.4. The van der Waals surface area contributed by atoms with Crippen molar-refractivity contribution in [2.45, 2.75) is 26.2 Å². The number of amides is 1. The summed E-state index contributed by atoms with van der Waals surface area (Å²) in [7, 11) is 0. The summed E-state index contributed by atoms with van der Waals surface area (Å²) in [5, 5.41) is 9.31. The lowest BCUT2D eigenvalue weighted by Crippen LogP contribution is -2.13. The van der Waals surface area contributed by atoms with Crippen LogP contribution in [0.4, 0.5) is 14.6 Å². The number of benzene rings is 1. The number of hydrogen-bond donors (Lipinski definition) is 2. The van der Waals surface area contributed by atoms with Gasteiger partial charge in [0.15, 0.2) is 17.5 Å². The van der Waals surface area contributed by atoms with Gasteiger partial charge in [0.05, 0.1) is 0 Å². The molecule has 1 heterocycles. The second-order valence-corrected chi connectivity index (χ2v) is 5.50. The van der Waals surface area contributed by atoms with E-state index in [4.69, 9.17) is 0 Å². The van der Waals surface area contributed by atoms with Gasteiger partial charge in [-0.2, -0.15) is 5.10 Å². The van der Waals surface area contributed by atoms with Crippen LogP contribution in [0.25, 0.3) is 0 Å². The highest BCUT2D eigenvalue weighted by molar-refractivity contribution is 6.03. The van der Waals surface area contributed by atoms with E-state index in [-0.39, 0.29) is 11.0 Å². The van der Waals surface area contributed by atoms with E-state index in [1.807, 2.05) is 20.8 Å². The zero-order valence-electron chi connectivity index (χ0n) is 11.4. The molecule has 1 aromatic heterocycles. The van der Waals surface area contributed by atoms with E-state index in [9.17, 15) is 13.6 Å². The molecular formula is C14H15F2N3O. The van der Waals surface area contributed by atoms with Crippen molar-refractivity contribution in [2.75, 3.05) is 5.32 Å². The fourth-order valence-corrected chi connectivity index (χ4v) is 1.60. The minimum absolute atomic E-state index is 0.0317. The number of hydrogen-bond acceptors (Lipinski definition) is 2. The molecule has 0 radical (unpaired) electrons. The second-order valence-electron chi connectivity index (χ2n) is 5.50. The van der Waals surface area contributed by atoms with Crippen LogP contribution in [0.5, 0.6) is 0 Å². The molecule has 4 nitrogen and oxygen atoms in total. The maximum atomic E-state index is 13.1. The lowest BCUT2D eigenvalue weighted by atomic mass is 9.92. The number of H-pyrrole nitrogens is 1. The standard InChI is InChI=1S/C14H15F2N3O/c1-14(2,3)11-7-12(19-18-11)17-13(20)8-4-5-9(15)10(16)6-8/h4-7H,1-3H3,(H2,17,18,19,20). The Bertz CT molecular complexity index is 644. The number of aromatic nitrogens is 2. The van der Waals surface area contributed by atoms with Gasteiger partial charge in [0.1, 0.15) is 0 Å². The second kappa shape index (κ2) is 5.03. The molecule has 0 unspecified atom stereocenters. The van der Waals surface area contributed by atoms with Gasteiger partial charge in [-0.25, -0.2) is 8.78 Å². The monoisotopic (exact) mass is 279 g/mol. The minimum Gasteiger partial charge on any atom is -0.305 e. The fraction of sp³-hybridized carbons (Fsp3) is 0.286. The number of halogens is 2. The number of carbonyl (C=O) groups excluding carboxylic acids is 1. The summed E-state index contributed by atoms with van der Waals surface area (Å²) in [5.74, 6) is -2.26. The molecule has 0 aliphatic rings. The molecular weight excluding hydrogens is 264 g/mol. The Morgan fingerprint density at radius 1 is 1.20 bits per heavy atom. The van der Waals surface area contributed by atoms with Crippen molar-refractivity contribution in [1.82, 2.24) is 10.2 Å². The summed E-state index contributed by atoms with van der Waals surface area (Å²) >= 11 is 0. The van der Waals surface area contributed by atoms with E-state index >= 15 is 0 Å². The van der Waals surface area contributed by atoms with E-state index in [1.54, 1.807) is 6.07 Å². The zero-order chi connectivity index (χ0) is 14.9. The molecule has 6 heteroatoms. The fourth-order valence-electron chi connectivity index (χ4n) is 1.60. The van der Waals surface area contributed by atoms with Gasteiger partial charge in [-0.05, 0) is 18.2 Å². The lowest BCUT2D eigenvalue weighted by molar-refractivity contribution is 0.102. The number of nitrogens with one attached hydrogen (secondary N) is 2. The molecule has 20 heavy (non-hydrogen) atoms. The molecule has 0 saturated heterocycles.